The summed E-state index contributed by atoms with van der Waals surface area (Å²) in [5.74, 6) is -0.298. The summed E-state index contributed by atoms with van der Waals surface area (Å²) in [4.78, 5) is 13.0. The Labute approximate surface area is 104 Å². The van der Waals surface area contributed by atoms with E-state index < -0.39 is 12.7 Å². The maximum Gasteiger partial charge on any atom is 0.401 e. The first-order valence-electron chi connectivity index (χ1n) is 5.65. The van der Waals surface area contributed by atoms with Crippen molar-refractivity contribution in [2.75, 3.05) is 13.1 Å². The van der Waals surface area contributed by atoms with Gasteiger partial charge in [0.1, 0.15) is 0 Å². The Hall–Kier alpha value is -1.30. The van der Waals surface area contributed by atoms with Gasteiger partial charge < -0.3 is 4.57 Å². The quantitative estimate of drug-likeness (QED) is 0.762. The molecule has 1 aromatic heterocycles. The van der Waals surface area contributed by atoms with Gasteiger partial charge in [-0.2, -0.15) is 13.2 Å². The first-order chi connectivity index (χ1) is 8.19. The van der Waals surface area contributed by atoms with Gasteiger partial charge in [-0.25, -0.2) is 0 Å². The molecule has 3 nitrogen and oxygen atoms in total. The van der Waals surface area contributed by atoms with Crippen molar-refractivity contribution in [1.82, 2.24) is 9.47 Å². The zero-order valence-corrected chi connectivity index (χ0v) is 10.7. The highest BCUT2D eigenvalue weighted by Gasteiger charge is 2.32. The van der Waals surface area contributed by atoms with Gasteiger partial charge in [0, 0.05) is 31.0 Å². The summed E-state index contributed by atoms with van der Waals surface area (Å²) in [5.41, 5.74) is 0.435. The average molecular weight is 262 g/mol. The van der Waals surface area contributed by atoms with E-state index in [-0.39, 0.29) is 18.4 Å². The van der Waals surface area contributed by atoms with Crippen molar-refractivity contribution in [2.24, 2.45) is 7.05 Å². The Kier molecular flexibility index (Phi) is 4.56. The predicted molar refractivity (Wildman–Crippen MR) is 62.5 cm³/mol. The molecule has 1 heterocycles. The van der Waals surface area contributed by atoms with Crippen molar-refractivity contribution in [2.45, 2.75) is 26.1 Å². The van der Waals surface area contributed by atoms with Gasteiger partial charge in [0.25, 0.3) is 0 Å². The van der Waals surface area contributed by atoms with Gasteiger partial charge in [-0.15, -0.1) is 0 Å². The van der Waals surface area contributed by atoms with Crippen LogP contribution in [-0.4, -0.2) is 40.6 Å². The number of nitrogens with zero attached hydrogens (tertiary/aromatic N) is 2. The van der Waals surface area contributed by atoms with Crippen LogP contribution in [0.15, 0.2) is 18.5 Å². The maximum atomic E-state index is 12.4. The van der Waals surface area contributed by atoms with Crippen LogP contribution in [-0.2, 0) is 7.05 Å². The summed E-state index contributed by atoms with van der Waals surface area (Å²) in [6, 6.07) is 1.27. The van der Waals surface area contributed by atoms with Crippen LogP contribution >= 0.6 is 0 Å². The van der Waals surface area contributed by atoms with Crippen molar-refractivity contribution in [3.8, 4) is 0 Å². The fourth-order valence-electron chi connectivity index (χ4n) is 1.60. The minimum Gasteiger partial charge on any atom is -0.357 e. The van der Waals surface area contributed by atoms with Crippen molar-refractivity contribution >= 4 is 5.78 Å². The summed E-state index contributed by atoms with van der Waals surface area (Å²) in [7, 11) is 1.76. The minimum absolute atomic E-state index is 0.221. The molecule has 0 saturated heterocycles. The highest BCUT2D eigenvalue weighted by molar-refractivity contribution is 5.97. The largest absolute Gasteiger partial charge is 0.401 e. The average Bonchev–Trinajstić information content (AvgIpc) is 2.61. The summed E-state index contributed by atoms with van der Waals surface area (Å²) in [5, 5.41) is 0. The molecular weight excluding hydrogens is 245 g/mol. The third-order valence-electron chi connectivity index (χ3n) is 2.61. The molecule has 0 saturated carbocycles. The normalized spacial score (nSPS) is 12.4. The van der Waals surface area contributed by atoms with Gasteiger partial charge in [-0.3, -0.25) is 9.69 Å². The molecule has 0 amide bonds. The third-order valence-corrected chi connectivity index (χ3v) is 2.61. The number of hydrogen-bond donors (Lipinski definition) is 0. The third kappa shape index (κ3) is 4.52. The number of rotatable bonds is 5. The van der Waals surface area contributed by atoms with Crippen molar-refractivity contribution in [3.63, 3.8) is 0 Å². The molecule has 0 radical (unpaired) electrons. The maximum absolute atomic E-state index is 12.4. The second kappa shape index (κ2) is 5.56. The van der Waals surface area contributed by atoms with E-state index in [9.17, 15) is 18.0 Å². The van der Waals surface area contributed by atoms with Crippen LogP contribution in [0, 0.1) is 0 Å². The molecule has 1 rings (SSSR count). The van der Waals surface area contributed by atoms with E-state index in [0.29, 0.717) is 5.56 Å². The molecule has 0 atom stereocenters. The number of alkyl halides is 3. The van der Waals surface area contributed by atoms with Gasteiger partial charge in [-0.1, -0.05) is 0 Å². The number of aryl methyl sites for hydroxylation is 1. The Morgan fingerprint density at radius 1 is 1.44 bits per heavy atom. The standard InChI is InChI=1S/C12H17F3N2O/c1-9(2)17(8-12(13,14)15)7-11(18)10-4-5-16(3)6-10/h4-6,9H,7-8H2,1-3H3. The van der Waals surface area contributed by atoms with E-state index in [1.54, 1.807) is 43.9 Å². The summed E-state index contributed by atoms with van der Waals surface area (Å²) < 4.78 is 38.8. The number of aromatic nitrogens is 1. The van der Waals surface area contributed by atoms with E-state index in [0.717, 1.165) is 4.90 Å². The number of hydrogen-bond acceptors (Lipinski definition) is 2. The van der Waals surface area contributed by atoms with E-state index in [1.165, 1.54) is 0 Å². The number of carbonyl (C=O) groups is 1. The molecule has 102 valence electrons. The van der Waals surface area contributed by atoms with Crippen LogP contribution in [0.1, 0.15) is 24.2 Å². The zero-order chi connectivity index (χ0) is 13.9. The Morgan fingerprint density at radius 2 is 2.06 bits per heavy atom. The van der Waals surface area contributed by atoms with E-state index in [2.05, 4.69) is 0 Å². The van der Waals surface area contributed by atoms with Gasteiger partial charge in [0.05, 0.1) is 13.1 Å². The molecule has 0 aliphatic carbocycles. The predicted octanol–water partition coefficient (Wildman–Crippen LogP) is 2.48. The fourth-order valence-corrected chi connectivity index (χ4v) is 1.60. The lowest BCUT2D eigenvalue weighted by Crippen LogP contribution is -2.42. The molecule has 0 bridgehead atoms. The first kappa shape index (κ1) is 14.8. The molecule has 1 aromatic rings. The molecule has 6 heteroatoms. The Balaban J connectivity index is 2.69. The van der Waals surface area contributed by atoms with Gasteiger partial charge in [0.2, 0.25) is 0 Å². The van der Waals surface area contributed by atoms with Gasteiger partial charge >= 0.3 is 6.18 Å². The first-order valence-corrected chi connectivity index (χ1v) is 5.65. The SMILES string of the molecule is CC(C)N(CC(=O)c1ccn(C)c1)CC(F)(F)F. The molecular formula is C12H17F3N2O. The zero-order valence-electron chi connectivity index (χ0n) is 10.7. The van der Waals surface area contributed by atoms with Crippen LogP contribution < -0.4 is 0 Å². The second-order valence-electron chi connectivity index (χ2n) is 4.60. The van der Waals surface area contributed by atoms with Gasteiger partial charge in [-0.05, 0) is 19.9 Å². The lowest BCUT2D eigenvalue weighted by atomic mass is 10.2. The van der Waals surface area contributed by atoms with E-state index in [1.807, 2.05) is 0 Å². The van der Waals surface area contributed by atoms with Crippen molar-refractivity contribution in [1.29, 1.82) is 0 Å². The number of Topliss-reactive ketones (excluding diaryl/α,β-unsaturated/α-hetero) is 1. The highest BCUT2D eigenvalue weighted by Crippen LogP contribution is 2.18. The summed E-state index contributed by atoms with van der Waals surface area (Å²) >= 11 is 0. The van der Waals surface area contributed by atoms with E-state index >= 15 is 0 Å². The van der Waals surface area contributed by atoms with Gasteiger partial charge in [0.15, 0.2) is 5.78 Å². The van der Waals surface area contributed by atoms with Crippen LogP contribution in [0.5, 0.6) is 0 Å². The molecule has 0 aromatic carbocycles. The number of carbonyl (C=O) groups excluding carboxylic acids is 1. The minimum atomic E-state index is -4.29. The fraction of sp³-hybridized carbons (Fsp3) is 0.583. The van der Waals surface area contributed by atoms with Crippen LogP contribution in [0.25, 0.3) is 0 Å². The lowest BCUT2D eigenvalue weighted by molar-refractivity contribution is -0.148. The van der Waals surface area contributed by atoms with Crippen LogP contribution in [0.3, 0.4) is 0 Å². The van der Waals surface area contributed by atoms with E-state index in [4.69, 9.17) is 0 Å². The Bertz CT molecular complexity index is 410. The van der Waals surface area contributed by atoms with Crippen molar-refractivity contribution in [3.05, 3.63) is 24.0 Å². The molecule has 0 unspecified atom stereocenters. The summed E-state index contributed by atoms with van der Waals surface area (Å²) in [6.07, 6.45) is -0.994. The molecule has 0 aliphatic heterocycles. The topological polar surface area (TPSA) is 25.2 Å². The molecule has 0 aliphatic rings. The number of halogens is 3. The van der Waals surface area contributed by atoms with Crippen LogP contribution in [0.4, 0.5) is 13.2 Å². The molecule has 0 spiro atoms. The van der Waals surface area contributed by atoms with Crippen LogP contribution in [0.2, 0.25) is 0 Å². The monoisotopic (exact) mass is 262 g/mol. The van der Waals surface area contributed by atoms with Crippen molar-refractivity contribution < 1.29 is 18.0 Å². The summed E-state index contributed by atoms with van der Waals surface area (Å²) in [6.45, 7) is 2.00. The lowest BCUT2D eigenvalue weighted by Gasteiger charge is -2.26. The Morgan fingerprint density at radius 3 is 2.44 bits per heavy atom. The smallest absolute Gasteiger partial charge is 0.357 e. The molecule has 0 N–H and O–H groups in total. The number of ketones is 1. The second-order valence-corrected chi connectivity index (χ2v) is 4.60. The highest BCUT2D eigenvalue weighted by atomic mass is 19.4. The molecule has 18 heavy (non-hydrogen) atoms. The molecule has 0 fully saturated rings.